The van der Waals surface area contributed by atoms with Crippen molar-refractivity contribution in [2.75, 3.05) is 13.1 Å². The van der Waals surface area contributed by atoms with Gasteiger partial charge in [0.2, 0.25) is 0 Å². The fourth-order valence-corrected chi connectivity index (χ4v) is 2.64. The summed E-state index contributed by atoms with van der Waals surface area (Å²) in [7, 11) is 0. The standard InChI is InChI=1S/C17H23F2NO2/c1-17(2,3)22-16(21)20-8-6-12(7-9-20)10-13-4-5-14(18)11-15(13)19/h4-5,11-12H,6-10H2,1-3H3. The van der Waals surface area contributed by atoms with Crippen LogP contribution in [-0.4, -0.2) is 29.7 Å². The second-order valence-corrected chi connectivity index (χ2v) is 6.85. The van der Waals surface area contributed by atoms with Crippen molar-refractivity contribution in [3.05, 3.63) is 35.4 Å². The van der Waals surface area contributed by atoms with E-state index in [1.54, 1.807) is 4.90 Å². The minimum Gasteiger partial charge on any atom is -0.444 e. The quantitative estimate of drug-likeness (QED) is 0.821. The maximum absolute atomic E-state index is 13.7. The van der Waals surface area contributed by atoms with Gasteiger partial charge in [-0.25, -0.2) is 13.6 Å². The van der Waals surface area contributed by atoms with Crippen molar-refractivity contribution in [2.24, 2.45) is 5.92 Å². The molecule has 5 heteroatoms. The lowest BCUT2D eigenvalue weighted by Crippen LogP contribution is -2.42. The molecule has 2 rings (SSSR count). The predicted molar refractivity (Wildman–Crippen MR) is 80.6 cm³/mol. The molecule has 0 unspecified atom stereocenters. The number of rotatable bonds is 2. The van der Waals surface area contributed by atoms with Crippen LogP contribution in [0.2, 0.25) is 0 Å². The second-order valence-electron chi connectivity index (χ2n) is 6.85. The third-order valence-electron chi connectivity index (χ3n) is 3.79. The molecule has 0 aromatic heterocycles. The molecule has 0 aliphatic carbocycles. The Hall–Kier alpha value is -1.65. The van der Waals surface area contributed by atoms with E-state index >= 15 is 0 Å². The van der Waals surface area contributed by atoms with Crippen LogP contribution in [0.4, 0.5) is 13.6 Å². The maximum atomic E-state index is 13.7. The number of halogens is 2. The number of piperidine rings is 1. The van der Waals surface area contributed by atoms with Crippen molar-refractivity contribution in [1.29, 1.82) is 0 Å². The van der Waals surface area contributed by atoms with Gasteiger partial charge in [0.05, 0.1) is 0 Å². The molecule has 1 aromatic carbocycles. The summed E-state index contributed by atoms with van der Waals surface area (Å²) in [6.45, 7) is 6.75. The van der Waals surface area contributed by atoms with E-state index < -0.39 is 17.2 Å². The minimum absolute atomic E-state index is 0.293. The highest BCUT2D eigenvalue weighted by atomic mass is 19.1. The van der Waals surface area contributed by atoms with Crippen LogP contribution in [0.1, 0.15) is 39.2 Å². The van der Waals surface area contributed by atoms with E-state index in [4.69, 9.17) is 4.74 Å². The summed E-state index contributed by atoms with van der Waals surface area (Å²) < 4.78 is 31.9. The highest BCUT2D eigenvalue weighted by Crippen LogP contribution is 2.24. The van der Waals surface area contributed by atoms with Crippen LogP contribution in [0, 0.1) is 17.6 Å². The second kappa shape index (κ2) is 6.63. The first-order chi connectivity index (χ1) is 10.2. The molecular formula is C17H23F2NO2. The van der Waals surface area contributed by atoms with Crippen molar-refractivity contribution in [3.63, 3.8) is 0 Å². The summed E-state index contributed by atoms with van der Waals surface area (Å²) in [5.74, 6) is -0.741. The summed E-state index contributed by atoms with van der Waals surface area (Å²) in [6.07, 6.45) is 1.89. The van der Waals surface area contributed by atoms with Gasteiger partial charge in [0.15, 0.2) is 0 Å². The molecule has 1 fully saturated rings. The molecule has 0 saturated carbocycles. The maximum Gasteiger partial charge on any atom is 0.410 e. The van der Waals surface area contributed by atoms with E-state index in [1.807, 2.05) is 20.8 Å². The van der Waals surface area contributed by atoms with E-state index in [-0.39, 0.29) is 6.09 Å². The molecule has 1 aliphatic rings. The Morgan fingerprint density at radius 2 is 1.91 bits per heavy atom. The first-order valence-corrected chi connectivity index (χ1v) is 7.66. The number of nitrogens with zero attached hydrogens (tertiary/aromatic N) is 1. The van der Waals surface area contributed by atoms with E-state index in [0.717, 1.165) is 18.9 Å². The van der Waals surface area contributed by atoms with E-state index in [9.17, 15) is 13.6 Å². The van der Waals surface area contributed by atoms with Crippen LogP contribution in [-0.2, 0) is 11.2 Å². The number of ether oxygens (including phenoxy) is 1. The zero-order chi connectivity index (χ0) is 16.3. The Kier molecular flexibility index (Phi) is 5.04. The van der Waals surface area contributed by atoms with Crippen molar-refractivity contribution in [1.82, 2.24) is 4.90 Å². The Morgan fingerprint density at radius 1 is 1.27 bits per heavy atom. The number of hydrogen-bond donors (Lipinski definition) is 0. The number of carbonyl (C=O) groups excluding carboxylic acids is 1. The van der Waals surface area contributed by atoms with Gasteiger partial charge in [-0.05, 0) is 57.6 Å². The molecule has 0 radical (unpaired) electrons. The Morgan fingerprint density at radius 3 is 2.45 bits per heavy atom. The third-order valence-corrected chi connectivity index (χ3v) is 3.79. The monoisotopic (exact) mass is 311 g/mol. The summed E-state index contributed by atoms with van der Waals surface area (Å²) in [6, 6.07) is 3.71. The van der Waals surface area contributed by atoms with Crippen LogP contribution in [0.25, 0.3) is 0 Å². The average molecular weight is 311 g/mol. The van der Waals surface area contributed by atoms with Gasteiger partial charge in [0.25, 0.3) is 0 Å². The fourth-order valence-electron chi connectivity index (χ4n) is 2.64. The normalized spacial score (nSPS) is 16.7. The van der Waals surface area contributed by atoms with Crippen molar-refractivity contribution >= 4 is 6.09 Å². The Labute approximate surface area is 130 Å². The number of carbonyl (C=O) groups is 1. The molecule has 3 nitrogen and oxygen atoms in total. The topological polar surface area (TPSA) is 29.5 Å². The number of hydrogen-bond acceptors (Lipinski definition) is 2. The number of likely N-dealkylation sites (tertiary alicyclic amines) is 1. The van der Waals surface area contributed by atoms with Crippen molar-refractivity contribution in [2.45, 2.75) is 45.6 Å². The molecule has 0 atom stereocenters. The molecule has 1 aliphatic heterocycles. The van der Waals surface area contributed by atoms with Crippen molar-refractivity contribution in [3.8, 4) is 0 Å². The van der Waals surface area contributed by atoms with Crippen LogP contribution in [0.15, 0.2) is 18.2 Å². The lowest BCUT2D eigenvalue weighted by Gasteiger charge is -2.33. The van der Waals surface area contributed by atoms with Gasteiger partial charge in [0.1, 0.15) is 17.2 Å². The van der Waals surface area contributed by atoms with Crippen LogP contribution in [0.5, 0.6) is 0 Å². The van der Waals surface area contributed by atoms with Gasteiger partial charge in [-0.3, -0.25) is 0 Å². The van der Waals surface area contributed by atoms with Gasteiger partial charge in [0, 0.05) is 19.2 Å². The van der Waals surface area contributed by atoms with Gasteiger partial charge in [-0.2, -0.15) is 0 Å². The molecule has 1 saturated heterocycles. The summed E-state index contributed by atoms with van der Waals surface area (Å²) in [4.78, 5) is 13.7. The lowest BCUT2D eigenvalue weighted by molar-refractivity contribution is 0.0184. The van der Waals surface area contributed by atoms with E-state index in [2.05, 4.69) is 0 Å². The molecule has 1 aromatic rings. The molecule has 0 bridgehead atoms. The van der Waals surface area contributed by atoms with E-state index in [1.165, 1.54) is 12.1 Å². The first-order valence-electron chi connectivity index (χ1n) is 7.66. The highest BCUT2D eigenvalue weighted by Gasteiger charge is 2.27. The molecule has 0 N–H and O–H groups in total. The van der Waals surface area contributed by atoms with Crippen molar-refractivity contribution < 1.29 is 18.3 Å². The zero-order valence-corrected chi connectivity index (χ0v) is 13.4. The average Bonchev–Trinajstić information content (AvgIpc) is 2.41. The molecule has 22 heavy (non-hydrogen) atoms. The molecule has 0 spiro atoms. The number of amides is 1. The smallest absolute Gasteiger partial charge is 0.410 e. The molecule has 1 heterocycles. The third kappa shape index (κ3) is 4.68. The van der Waals surface area contributed by atoms with Crippen LogP contribution >= 0.6 is 0 Å². The lowest BCUT2D eigenvalue weighted by atomic mass is 9.90. The van der Waals surface area contributed by atoms with Gasteiger partial charge in [-0.15, -0.1) is 0 Å². The summed E-state index contributed by atoms with van der Waals surface area (Å²) >= 11 is 0. The summed E-state index contributed by atoms with van der Waals surface area (Å²) in [5, 5.41) is 0. The SMILES string of the molecule is CC(C)(C)OC(=O)N1CCC(Cc2ccc(F)cc2F)CC1. The van der Waals surface area contributed by atoms with Gasteiger partial charge in [-0.1, -0.05) is 6.07 Å². The molecule has 122 valence electrons. The number of benzene rings is 1. The summed E-state index contributed by atoms with van der Waals surface area (Å²) in [5.41, 5.74) is 0.0441. The zero-order valence-electron chi connectivity index (χ0n) is 13.4. The fraction of sp³-hybridized carbons (Fsp3) is 0.588. The van der Waals surface area contributed by atoms with Crippen LogP contribution < -0.4 is 0 Å². The van der Waals surface area contributed by atoms with Gasteiger partial charge >= 0.3 is 6.09 Å². The van der Waals surface area contributed by atoms with E-state index in [0.29, 0.717) is 31.0 Å². The minimum atomic E-state index is -0.555. The molecule has 1 amide bonds. The largest absolute Gasteiger partial charge is 0.444 e. The van der Waals surface area contributed by atoms with Crippen LogP contribution in [0.3, 0.4) is 0 Å². The molecular weight excluding hydrogens is 288 g/mol. The van der Waals surface area contributed by atoms with Gasteiger partial charge < -0.3 is 9.64 Å². The Bertz CT molecular complexity index is 532. The first kappa shape index (κ1) is 16.7. The highest BCUT2D eigenvalue weighted by molar-refractivity contribution is 5.68. The predicted octanol–water partition coefficient (Wildman–Crippen LogP) is 4.15. The Balaban J connectivity index is 1.86.